The van der Waals surface area contributed by atoms with Crippen LogP contribution in [0.15, 0.2) is 66.9 Å². The van der Waals surface area contributed by atoms with Gasteiger partial charge in [-0.25, -0.2) is 9.97 Å². The van der Waals surface area contributed by atoms with Gasteiger partial charge < -0.3 is 9.72 Å². The Morgan fingerprint density at radius 3 is 2.55 bits per heavy atom. The standard InChI is InChI=1S/C25H25N3O/c1-3-8-18(9-4-1)17-29-22-13-7-12-20(14-22)24-27-23-15-21(16-26-25(23)28-24)19-10-5-2-6-11-19/h2,5-7,10-16,18H,1,3-4,8-9,17H2,(H,26,27,28). The summed E-state index contributed by atoms with van der Waals surface area (Å²) in [6.45, 7) is 0.811. The van der Waals surface area contributed by atoms with E-state index in [1.54, 1.807) is 0 Å². The first-order valence-corrected chi connectivity index (χ1v) is 10.5. The molecule has 0 spiro atoms. The van der Waals surface area contributed by atoms with Crippen molar-refractivity contribution in [2.24, 2.45) is 5.92 Å². The maximum absolute atomic E-state index is 6.10. The third kappa shape index (κ3) is 4.02. The van der Waals surface area contributed by atoms with Gasteiger partial charge in [-0.05, 0) is 42.5 Å². The molecule has 1 N–H and O–H groups in total. The van der Waals surface area contributed by atoms with Crippen LogP contribution in [0.25, 0.3) is 33.7 Å². The quantitative estimate of drug-likeness (QED) is 0.443. The summed E-state index contributed by atoms with van der Waals surface area (Å²) in [6, 6.07) is 20.6. The topological polar surface area (TPSA) is 50.8 Å². The van der Waals surface area contributed by atoms with Gasteiger partial charge in [0.2, 0.25) is 0 Å². The number of hydrogen-bond acceptors (Lipinski definition) is 3. The minimum Gasteiger partial charge on any atom is -0.493 e. The molecule has 146 valence electrons. The molecule has 1 aliphatic carbocycles. The Hall–Kier alpha value is -3.14. The number of fused-ring (bicyclic) bond motifs is 1. The van der Waals surface area contributed by atoms with Crippen molar-refractivity contribution in [3.63, 3.8) is 0 Å². The number of nitrogens with zero attached hydrogens (tertiary/aromatic N) is 2. The van der Waals surface area contributed by atoms with E-state index in [-0.39, 0.29) is 0 Å². The molecule has 0 bridgehead atoms. The minimum absolute atomic E-state index is 0.694. The molecule has 2 heterocycles. The lowest BCUT2D eigenvalue weighted by atomic mass is 9.90. The first kappa shape index (κ1) is 17.9. The van der Waals surface area contributed by atoms with E-state index in [1.165, 1.54) is 32.1 Å². The van der Waals surface area contributed by atoms with E-state index >= 15 is 0 Å². The average Bonchev–Trinajstić information content (AvgIpc) is 3.23. The molecule has 0 saturated heterocycles. The molecule has 0 radical (unpaired) electrons. The van der Waals surface area contributed by atoms with Gasteiger partial charge in [0.05, 0.1) is 12.1 Å². The van der Waals surface area contributed by atoms with Crippen LogP contribution in [0, 0.1) is 5.92 Å². The number of H-pyrrole nitrogens is 1. The van der Waals surface area contributed by atoms with Gasteiger partial charge in [-0.15, -0.1) is 0 Å². The SMILES string of the molecule is c1ccc(-c2cnc3nc(-c4cccc(OCC5CCCCC5)c4)[nH]c3c2)cc1. The molecule has 1 saturated carbocycles. The number of aromatic amines is 1. The van der Waals surface area contributed by atoms with Gasteiger partial charge in [0.15, 0.2) is 5.65 Å². The molecule has 29 heavy (non-hydrogen) atoms. The fraction of sp³-hybridized carbons (Fsp3) is 0.280. The predicted molar refractivity (Wildman–Crippen MR) is 117 cm³/mol. The van der Waals surface area contributed by atoms with Gasteiger partial charge >= 0.3 is 0 Å². The van der Waals surface area contributed by atoms with Crippen LogP contribution >= 0.6 is 0 Å². The van der Waals surface area contributed by atoms with Crippen molar-refractivity contribution in [3.05, 3.63) is 66.9 Å². The lowest BCUT2D eigenvalue weighted by Gasteiger charge is -2.21. The Balaban J connectivity index is 1.37. The van der Waals surface area contributed by atoms with Crippen LogP contribution in [0.3, 0.4) is 0 Å². The zero-order valence-corrected chi connectivity index (χ0v) is 16.5. The molecule has 1 aliphatic rings. The number of hydrogen-bond donors (Lipinski definition) is 1. The van der Waals surface area contributed by atoms with E-state index in [0.717, 1.165) is 46.0 Å². The zero-order valence-electron chi connectivity index (χ0n) is 16.5. The van der Waals surface area contributed by atoms with Crippen LogP contribution in [0.4, 0.5) is 0 Å². The Bertz CT molecular complexity index is 1100. The Morgan fingerprint density at radius 1 is 0.862 bits per heavy atom. The maximum Gasteiger partial charge on any atom is 0.178 e. The van der Waals surface area contributed by atoms with Gasteiger partial charge in [0.25, 0.3) is 0 Å². The third-order valence-electron chi connectivity index (χ3n) is 5.76. The van der Waals surface area contributed by atoms with Crippen molar-refractivity contribution >= 4 is 11.2 Å². The summed E-state index contributed by atoms with van der Waals surface area (Å²) < 4.78 is 6.10. The van der Waals surface area contributed by atoms with Gasteiger partial charge in [0, 0.05) is 17.3 Å². The normalized spacial score (nSPS) is 14.9. The molecule has 0 aliphatic heterocycles. The molecule has 0 atom stereocenters. The lowest BCUT2D eigenvalue weighted by Crippen LogP contribution is -2.15. The molecule has 4 heteroatoms. The van der Waals surface area contributed by atoms with E-state index in [4.69, 9.17) is 4.74 Å². The van der Waals surface area contributed by atoms with E-state index < -0.39 is 0 Å². The molecular weight excluding hydrogens is 358 g/mol. The summed E-state index contributed by atoms with van der Waals surface area (Å²) in [7, 11) is 0. The highest BCUT2D eigenvalue weighted by molar-refractivity contribution is 5.81. The molecule has 4 nitrogen and oxygen atoms in total. The van der Waals surface area contributed by atoms with E-state index in [0.29, 0.717) is 5.92 Å². The molecule has 0 unspecified atom stereocenters. The minimum atomic E-state index is 0.694. The van der Waals surface area contributed by atoms with Crippen molar-refractivity contribution < 1.29 is 4.74 Å². The summed E-state index contributed by atoms with van der Waals surface area (Å²) >= 11 is 0. The number of benzene rings is 2. The fourth-order valence-corrected chi connectivity index (χ4v) is 4.13. The number of nitrogens with one attached hydrogen (secondary N) is 1. The number of rotatable bonds is 5. The van der Waals surface area contributed by atoms with Crippen molar-refractivity contribution in [2.45, 2.75) is 32.1 Å². The molecule has 5 rings (SSSR count). The van der Waals surface area contributed by atoms with Crippen molar-refractivity contribution in [1.29, 1.82) is 0 Å². The van der Waals surface area contributed by atoms with Crippen LogP contribution in [-0.2, 0) is 0 Å². The number of imidazole rings is 1. The van der Waals surface area contributed by atoms with Gasteiger partial charge in [-0.1, -0.05) is 61.7 Å². The van der Waals surface area contributed by atoms with Crippen LogP contribution in [0.2, 0.25) is 0 Å². The Kier molecular flexibility index (Phi) is 4.99. The largest absolute Gasteiger partial charge is 0.493 e. The number of ether oxygens (including phenoxy) is 1. The maximum atomic E-state index is 6.10. The molecular formula is C25H25N3O. The second-order valence-corrected chi connectivity index (χ2v) is 7.89. The van der Waals surface area contributed by atoms with Crippen LogP contribution in [0.1, 0.15) is 32.1 Å². The summed E-state index contributed by atoms with van der Waals surface area (Å²) in [5, 5.41) is 0. The van der Waals surface area contributed by atoms with Gasteiger partial charge in [-0.2, -0.15) is 0 Å². The molecule has 1 fully saturated rings. The van der Waals surface area contributed by atoms with E-state index in [1.807, 2.05) is 36.5 Å². The summed E-state index contributed by atoms with van der Waals surface area (Å²) in [4.78, 5) is 12.7. The lowest BCUT2D eigenvalue weighted by molar-refractivity contribution is 0.209. The van der Waals surface area contributed by atoms with Crippen LogP contribution in [0.5, 0.6) is 5.75 Å². The smallest absolute Gasteiger partial charge is 0.178 e. The second-order valence-electron chi connectivity index (χ2n) is 7.89. The van der Waals surface area contributed by atoms with Crippen molar-refractivity contribution in [2.75, 3.05) is 6.61 Å². The Labute approximate surface area is 171 Å². The van der Waals surface area contributed by atoms with Gasteiger partial charge in [-0.3, -0.25) is 0 Å². The molecule has 0 amide bonds. The van der Waals surface area contributed by atoms with Crippen LogP contribution in [-0.4, -0.2) is 21.6 Å². The molecule has 2 aromatic carbocycles. The van der Waals surface area contributed by atoms with Crippen LogP contribution < -0.4 is 4.74 Å². The Morgan fingerprint density at radius 2 is 1.69 bits per heavy atom. The average molecular weight is 383 g/mol. The number of aromatic nitrogens is 3. The highest BCUT2D eigenvalue weighted by atomic mass is 16.5. The summed E-state index contributed by atoms with van der Waals surface area (Å²) in [5.41, 5.74) is 4.92. The monoisotopic (exact) mass is 383 g/mol. The van der Waals surface area contributed by atoms with Crippen molar-refractivity contribution in [3.8, 4) is 28.3 Å². The third-order valence-corrected chi connectivity index (χ3v) is 5.76. The summed E-state index contributed by atoms with van der Waals surface area (Å²) in [5.74, 6) is 2.42. The fourth-order valence-electron chi connectivity index (χ4n) is 4.13. The number of pyridine rings is 1. The molecule has 2 aromatic heterocycles. The first-order valence-electron chi connectivity index (χ1n) is 10.5. The second kappa shape index (κ2) is 8.08. The highest BCUT2D eigenvalue weighted by Gasteiger charge is 2.14. The van der Waals surface area contributed by atoms with E-state index in [2.05, 4.69) is 45.3 Å². The first-order chi connectivity index (χ1) is 14.3. The molecule has 4 aromatic rings. The summed E-state index contributed by atoms with van der Waals surface area (Å²) in [6.07, 6.45) is 8.51. The van der Waals surface area contributed by atoms with E-state index in [9.17, 15) is 0 Å². The zero-order chi connectivity index (χ0) is 19.5. The predicted octanol–water partition coefficient (Wildman–Crippen LogP) is 6.25. The highest BCUT2D eigenvalue weighted by Crippen LogP contribution is 2.28. The van der Waals surface area contributed by atoms with Crippen molar-refractivity contribution in [1.82, 2.24) is 15.0 Å². The van der Waals surface area contributed by atoms with Gasteiger partial charge in [0.1, 0.15) is 11.6 Å².